The highest BCUT2D eigenvalue weighted by molar-refractivity contribution is 6.07. The number of para-hydroxylation sites is 1. The van der Waals surface area contributed by atoms with Crippen molar-refractivity contribution in [2.45, 2.75) is 78.7 Å². The van der Waals surface area contributed by atoms with E-state index in [0.29, 0.717) is 30.1 Å². The minimum absolute atomic E-state index is 0.199. The molecule has 8 nitrogen and oxygen atoms in total. The van der Waals surface area contributed by atoms with E-state index in [-0.39, 0.29) is 23.1 Å². The molecule has 0 atom stereocenters. The summed E-state index contributed by atoms with van der Waals surface area (Å²) in [7, 11) is 0. The van der Waals surface area contributed by atoms with Crippen molar-refractivity contribution in [1.29, 1.82) is 0 Å². The smallest absolute Gasteiger partial charge is 0.323 e. The first-order chi connectivity index (χ1) is 22.8. The SMILES string of the molecule is CCCCn1c(=O)c(NC(=O)Nc2c(C(C)C)cccc2C(C)C)c(-c2cccc(OCCCc3ccncc3)c2)c2cccnc21. The largest absolute Gasteiger partial charge is 0.494 e. The van der Waals surface area contributed by atoms with Crippen LogP contribution in [0.2, 0.25) is 0 Å². The van der Waals surface area contributed by atoms with E-state index >= 15 is 0 Å². The van der Waals surface area contributed by atoms with Crippen LogP contribution in [0.5, 0.6) is 5.75 Å². The average Bonchev–Trinajstić information content (AvgIpc) is 3.07. The summed E-state index contributed by atoms with van der Waals surface area (Å²) in [5.41, 5.74) is 5.97. The number of unbranched alkanes of at least 4 members (excludes halogenated alkanes) is 1. The number of amides is 2. The van der Waals surface area contributed by atoms with Crippen LogP contribution in [-0.4, -0.2) is 27.2 Å². The fraction of sp³-hybridized carbons (Fsp3) is 0.333. The predicted octanol–water partition coefficient (Wildman–Crippen LogP) is 9.16. The van der Waals surface area contributed by atoms with Crippen LogP contribution in [0.15, 0.2) is 90.1 Å². The summed E-state index contributed by atoms with van der Waals surface area (Å²) in [6.45, 7) is 11.5. The molecule has 0 aliphatic rings. The molecule has 8 heteroatoms. The maximum atomic E-state index is 14.3. The molecule has 244 valence electrons. The van der Waals surface area contributed by atoms with Crippen molar-refractivity contribution in [3.05, 3.63) is 112 Å². The molecule has 47 heavy (non-hydrogen) atoms. The first kappa shape index (κ1) is 33.4. The van der Waals surface area contributed by atoms with Crippen LogP contribution < -0.4 is 20.9 Å². The van der Waals surface area contributed by atoms with Gasteiger partial charge in [0.1, 0.15) is 17.1 Å². The summed E-state index contributed by atoms with van der Waals surface area (Å²) in [6, 6.07) is 21.2. The third kappa shape index (κ3) is 7.88. The number of pyridine rings is 3. The number of rotatable bonds is 13. The summed E-state index contributed by atoms with van der Waals surface area (Å²) >= 11 is 0. The Morgan fingerprint density at radius 3 is 2.26 bits per heavy atom. The van der Waals surface area contributed by atoms with Gasteiger partial charge in [-0.3, -0.25) is 14.3 Å². The van der Waals surface area contributed by atoms with E-state index in [0.717, 1.165) is 53.4 Å². The molecule has 3 aromatic heterocycles. The summed E-state index contributed by atoms with van der Waals surface area (Å²) in [5.74, 6) is 1.09. The van der Waals surface area contributed by atoms with Crippen molar-refractivity contribution in [3.63, 3.8) is 0 Å². The van der Waals surface area contributed by atoms with Gasteiger partial charge in [-0.25, -0.2) is 9.78 Å². The zero-order valence-corrected chi connectivity index (χ0v) is 28.0. The Labute approximate surface area is 277 Å². The Bertz CT molecular complexity index is 1860. The molecule has 0 bridgehead atoms. The average molecular weight is 632 g/mol. The second kappa shape index (κ2) is 15.5. The van der Waals surface area contributed by atoms with Crippen LogP contribution in [0, 0.1) is 0 Å². The molecule has 2 aromatic carbocycles. The number of nitrogens with zero attached hydrogens (tertiary/aromatic N) is 3. The van der Waals surface area contributed by atoms with Crippen molar-refractivity contribution in [2.24, 2.45) is 0 Å². The lowest BCUT2D eigenvalue weighted by Gasteiger charge is -2.22. The van der Waals surface area contributed by atoms with Crippen LogP contribution in [0.4, 0.5) is 16.2 Å². The molecule has 0 spiro atoms. The number of fused-ring (bicyclic) bond motifs is 1. The van der Waals surface area contributed by atoms with Gasteiger partial charge in [0.2, 0.25) is 0 Å². The van der Waals surface area contributed by atoms with E-state index in [2.05, 4.69) is 55.2 Å². The minimum atomic E-state index is -0.466. The van der Waals surface area contributed by atoms with E-state index in [4.69, 9.17) is 4.74 Å². The van der Waals surface area contributed by atoms with Gasteiger partial charge < -0.3 is 15.4 Å². The summed E-state index contributed by atoms with van der Waals surface area (Å²) < 4.78 is 7.85. The number of aromatic nitrogens is 3. The number of carbonyl (C=O) groups excluding carboxylic acids is 1. The van der Waals surface area contributed by atoms with E-state index in [1.165, 1.54) is 5.56 Å². The summed E-state index contributed by atoms with van der Waals surface area (Å²) in [4.78, 5) is 36.9. The number of benzene rings is 2. The lowest BCUT2D eigenvalue weighted by atomic mass is 9.93. The maximum Gasteiger partial charge on any atom is 0.323 e. The topological polar surface area (TPSA) is 98.1 Å². The minimum Gasteiger partial charge on any atom is -0.494 e. The number of carbonyl (C=O) groups is 1. The van der Waals surface area contributed by atoms with Gasteiger partial charge >= 0.3 is 6.03 Å². The van der Waals surface area contributed by atoms with Gasteiger partial charge in [-0.15, -0.1) is 0 Å². The number of urea groups is 1. The van der Waals surface area contributed by atoms with E-state index in [9.17, 15) is 9.59 Å². The van der Waals surface area contributed by atoms with Crippen LogP contribution in [0.25, 0.3) is 22.2 Å². The molecular weight excluding hydrogens is 586 g/mol. The lowest BCUT2D eigenvalue weighted by molar-refractivity contribution is 0.262. The van der Waals surface area contributed by atoms with Gasteiger partial charge in [0.25, 0.3) is 5.56 Å². The van der Waals surface area contributed by atoms with Gasteiger partial charge in [0.05, 0.1) is 6.61 Å². The third-order valence-electron chi connectivity index (χ3n) is 8.36. The molecule has 3 heterocycles. The Morgan fingerprint density at radius 1 is 0.851 bits per heavy atom. The summed E-state index contributed by atoms with van der Waals surface area (Å²) in [5, 5.41) is 6.90. The second-order valence-electron chi connectivity index (χ2n) is 12.5. The highest BCUT2D eigenvalue weighted by atomic mass is 16.5. The van der Waals surface area contributed by atoms with Crippen molar-refractivity contribution in [3.8, 4) is 16.9 Å². The fourth-order valence-corrected chi connectivity index (χ4v) is 5.93. The molecule has 2 N–H and O–H groups in total. The highest BCUT2D eigenvalue weighted by Gasteiger charge is 2.23. The molecule has 0 unspecified atom stereocenters. The zero-order valence-electron chi connectivity index (χ0n) is 28.0. The standard InChI is InChI=1S/C39H45N5O3/c1-6-7-23-44-37-33(17-10-20-41-37)34(29-13-8-14-30(25-29)47-24-11-12-28-18-21-40-22-19-28)36(38(44)45)43-39(46)42-35-31(26(2)3)15-9-16-32(35)27(4)5/h8-10,13-22,25-27H,6-7,11-12,23-24H2,1-5H3,(H2,42,43,46). The molecule has 5 aromatic rings. The highest BCUT2D eigenvalue weighted by Crippen LogP contribution is 2.36. The zero-order chi connectivity index (χ0) is 33.3. The van der Waals surface area contributed by atoms with E-state index in [1.807, 2.05) is 66.7 Å². The van der Waals surface area contributed by atoms with Gasteiger partial charge in [-0.2, -0.15) is 0 Å². The van der Waals surface area contributed by atoms with E-state index < -0.39 is 6.03 Å². The first-order valence-electron chi connectivity index (χ1n) is 16.6. The molecule has 0 saturated carbocycles. The number of ether oxygens (including phenoxy) is 1. The van der Waals surface area contributed by atoms with Crippen molar-refractivity contribution >= 4 is 28.4 Å². The Hall–Kier alpha value is -4.98. The molecule has 5 rings (SSSR count). The van der Waals surface area contributed by atoms with Crippen LogP contribution >= 0.6 is 0 Å². The number of anilines is 2. The Morgan fingerprint density at radius 2 is 1.55 bits per heavy atom. The Kier molecular flexibility index (Phi) is 11.0. The second-order valence-corrected chi connectivity index (χ2v) is 12.5. The number of nitrogens with one attached hydrogen (secondary N) is 2. The fourth-order valence-electron chi connectivity index (χ4n) is 5.93. The monoisotopic (exact) mass is 631 g/mol. The predicted molar refractivity (Wildman–Crippen MR) is 192 cm³/mol. The van der Waals surface area contributed by atoms with Gasteiger partial charge in [-0.05, 0) is 89.8 Å². The molecule has 0 aliphatic heterocycles. The van der Waals surface area contributed by atoms with Gasteiger partial charge in [-0.1, -0.05) is 71.4 Å². The van der Waals surface area contributed by atoms with Crippen LogP contribution in [0.1, 0.15) is 82.4 Å². The third-order valence-corrected chi connectivity index (χ3v) is 8.36. The van der Waals surface area contributed by atoms with Crippen LogP contribution in [0.3, 0.4) is 0 Å². The van der Waals surface area contributed by atoms with Crippen molar-refractivity contribution < 1.29 is 9.53 Å². The number of hydrogen-bond donors (Lipinski definition) is 2. The van der Waals surface area contributed by atoms with E-state index in [1.54, 1.807) is 23.2 Å². The number of aryl methyl sites for hydroxylation is 2. The van der Waals surface area contributed by atoms with Crippen molar-refractivity contribution in [1.82, 2.24) is 14.5 Å². The molecular formula is C39H45N5O3. The van der Waals surface area contributed by atoms with Crippen molar-refractivity contribution in [2.75, 3.05) is 17.2 Å². The summed E-state index contributed by atoms with van der Waals surface area (Å²) in [6.07, 6.45) is 8.75. The Balaban J connectivity index is 1.53. The molecule has 0 radical (unpaired) electrons. The normalized spacial score (nSPS) is 11.3. The molecule has 0 saturated heterocycles. The quantitative estimate of drug-likeness (QED) is 0.126. The lowest BCUT2D eigenvalue weighted by Crippen LogP contribution is -2.30. The van der Waals surface area contributed by atoms with Crippen LogP contribution in [-0.2, 0) is 13.0 Å². The first-order valence-corrected chi connectivity index (χ1v) is 16.6. The van der Waals surface area contributed by atoms with Gasteiger partial charge in [0, 0.05) is 41.8 Å². The molecule has 0 fully saturated rings. The molecule has 0 aliphatic carbocycles. The molecule has 2 amide bonds. The maximum absolute atomic E-state index is 14.3. The van der Waals surface area contributed by atoms with Gasteiger partial charge in [0.15, 0.2) is 0 Å². The number of hydrogen-bond acceptors (Lipinski definition) is 5.